The molecule has 2 rings (SSSR count). The molecule has 5 heteroatoms. The van der Waals surface area contributed by atoms with Gasteiger partial charge in [-0.05, 0) is 25.3 Å². The van der Waals surface area contributed by atoms with Crippen LogP contribution in [0.3, 0.4) is 0 Å². The smallest absolute Gasteiger partial charge is 0.298 e. The lowest BCUT2D eigenvalue weighted by Gasteiger charge is -2.24. The van der Waals surface area contributed by atoms with E-state index in [4.69, 9.17) is 10.2 Å². The molecule has 0 bridgehead atoms. The summed E-state index contributed by atoms with van der Waals surface area (Å²) in [5, 5.41) is 2.08. The number of anilines is 1. The lowest BCUT2D eigenvalue weighted by atomic mass is 10.3. The number of hydrogen-bond donors (Lipinski definition) is 1. The molecule has 0 aliphatic carbocycles. The average Bonchev–Trinajstić information content (AvgIpc) is 2.96. The van der Waals surface area contributed by atoms with E-state index in [0.717, 1.165) is 12.2 Å². The zero-order valence-electron chi connectivity index (χ0n) is 10.1. The first-order valence-electron chi connectivity index (χ1n) is 5.64. The summed E-state index contributed by atoms with van der Waals surface area (Å²) >= 11 is 1.74. The number of aromatic nitrogens is 1. The van der Waals surface area contributed by atoms with Crippen molar-refractivity contribution in [3.8, 4) is 0 Å². The van der Waals surface area contributed by atoms with Crippen molar-refractivity contribution >= 4 is 17.4 Å². The summed E-state index contributed by atoms with van der Waals surface area (Å²) in [6, 6.07) is 5.15. The van der Waals surface area contributed by atoms with E-state index in [2.05, 4.69) is 41.2 Å². The highest BCUT2D eigenvalue weighted by atomic mass is 32.1. The molecule has 0 aliphatic heterocycles. The molecule has 0 saturated carbocycles. The predicted molar refractivity (Wildman–Crippen MR) is 70.0 cm³/mol. The second-order valence-electron chi connectivity index (χ2n) is 4.13. The number of nitrogens with zero attached hydrogens (tertiary/aromatic N) is 2. The molecular weight excluding hydrogens is 234 g/mol. The van der Waals surface area contributed by atoms with Gasteiger partial charge >= 0.3 is 0 Å². The minimum absolute atomic E-state index is 0.335. The van der Waals surface area contributed by atoms with Gasteiger partial charge in [-0.2, -0.15) is 4.98 Å². The van der Waals surface area contributed by atoms with Crippen molar-refractivity contribution in [1.29, 1.82) is 0 Å². The minimum Gasteiger partial charge on any atom is -0.432 e. The van der Waals surface area contributed by atoms with Crippen LogP contribution in [0.5, 0.6) is 0 Å². The second kappa shape index (κ2) is 5.33. The monoisotopic (exact) mass is 251 g/mol. The van der Waals surface area contributed by atoms with Crippen LogP contribution in [0.15, 0.2) is 28.2 Å². The largest absolute Gasteiger partial charge is 0.432 e. The van der Waals surface area contributed by atoms with Gasteiger partial charge in [0.2, 0.25) is 0 Å². The Labute approximate surface area is 105 Å². The van der Waals surface area contributed by atoms with Crippen molar-refractivity contribution in [2.75, 3.05) is 4.90 Å². The molecule has 0 saturated heterocycles. The summed E-state index contributed by atoms with van der Waals surface area (Å²) in [6.45, 7) is 5.48. The molecule has 2 N–H and O–H groups in total. The van der Waals surface area contributed by atoms with Gasteiger partial charge in [0.05, 0.1) is 12.2 Å². The van der Waals surface area contributed by atoms with E-state index in [-0.39, 0.29) is 0 Å². The third-order valence-corrected chi connectivity index (χ3v) is 3.39. The van der Waals surface area contributed by atoms with E-state index < -0.39 is 0 Å². The van der Waals surface area contributed by atoms with Crippen LogP contribution in [0.2, 0.25) is 0 Å². The minimum atomic E-state index is 0.335. The SMILES string of the molecule is CC(C)N(Cc1cccs1)c1nc(CN)co1. The van der Waals surface area contributed by atoms with Gasteiger partial charge < -0.3 is 15.1 Å². The maximum absolute atomic E-state index is 5.54. The Kier molecular flexibility index (Phi) is 3.81. The fraction of sp³-hybridized carbons (Fsp3) is 0.417. The molecular formula is C12H17N3OS. The molecule has 0 fully saturated rings. The van der Waals surface area contributed by atoms with E-state index >= 15 is 0 Å². The third-order valence-electron chi connectivity index (χ3n) is 2.52. The van der Waals surface area contributed by atoms with E-state index in [1.165, 1.54) is 4.88 Å². The molecule has 2 aromatic heterocycles. The normalized spacial score (nSPS) is 11.1. The first kappa shape index (κ1) is 12.1. The second-order valence-corrected chi connectivity index (χ2v) is 5.16. The maximum atomic E-state index is 5.54. The summed E-state index contributed by atoms with van der Waals surface area (Å²) in [5.41, 5.74) is 6.33. The molecule has 0 unspecified atom stereocenters. The van der Waals surface area contributed by atoms with Crippen molar-refractivity contribution in [2.45, 2.75) is 33.0 Å². The summed E-state index contributed by atoms with van der Waals surface area (Å²) in [6.07, 6.45) is 1.62. The van der Waals surface area contributed by atoms with E-state index in [9.17, 15) is 0 Å². The van der Waals surface area contributed by atoms with Gasteiger partial charge in [-0.15, -0.1) is 11.3 Å². The van der Waals surface area contributed by atoms with Gasteiger partial charge in [0.1, 0.15) is 6.26 Å². The molecule has 2 aromatic rings. The number of thiophene rings is 1. The van der Waals surface area contributed by atoms with Gasteiger partial charge in [0.25, 0.3) is 6.01 Å². The highest BCUT2D eigenvalue weighted by Crippen LogP contribution is 2.21. The van der Waals surface area contributed by atoms with Crippen LogP contribution in [-0.2, 0) is 13.1 Å². The Morgan fingerprint density at radius 2 is 2.35 bits per heavy atom. The van der Waals surface area contributed by atoms with Crippen LogP contribution < -0.4 is 10.6 Å². The lowest BCUT2D eigenvalue weighted by molar-refractivity contribution is 0.510. The van der Waals surface area contributed by atoms with Crippen LogP contribution in [0, 0.1) is 0 Å². The van der Waals surface area contributed by atoms with Crippen LogP contribution >= 0.6 is 11.3 Å². The van der Waals surface area contributed by atoms with Crippen LogP contribution in [-0.4, -0.2) is 11.0 Å². The molecule has 2 heterocycles. The number of nitrogens with two attached hydrogens (primary N) is 1. The quantitative estimate of drug-likeness (QED) is 0.887. The highest BCUT2D eigenvalue weighted by molar-refractivity contribution is 7.09. The molecule has 0 radical (unpaired) electrons. The molecule has 92 valence electrons. The van der Waals surface area contributed by atoms with Gasteiger partial charge in [0, 0.05) is 17.5 Å². The number of rotatable bonds is 5. The maximum Gasteiger partial charge on any atom is 0.298 e. The number of hydrogen-bond acceptors (Lipinski definition) is 5. The van der Waals surface area contributed by atoms with E-state index in [0.29, 0.717) is 18.6 Å². The molecule has 0 aliphatic rings. The average molecular weight is 251 g/mol. The fourth-order valence-electron chi connectivity index (χ4n) is 1.56. The standard InChI is InChI=1S/C12H17N3OS/c1-9(2)15(7-11-4-3-5-17-11)12-14-10(6-13)8-16-12/h3-5,8-9H,6-7,13H2,1-2H3. The first-order chi connectivity index (χ1) is 8.20. The summed E-state index contributed by atoms with van der Waals surface area (Å²) in [7, 11) is 0. The van der Waals surface area contributed by atoms with Crippen molar-refractivity contribution in [2.24, 2.45) is 5.73 Å². The predicted octanol–water partition coefficient (Wildman–Crippen LogP) is 2.61. The van der Waals surface area contributed by atoms with Crippen LogP contribution in [0.25, 0.3) is 0 Å². The van der Waals surface area contributed by atoms with Crippen molar-refractivity contribution in [3.05, 3.63) is 34.3 Å². The molecule has 0 atom stereocenters. The summed E-state index contributed by atoms with van der Waals surface area (Å²) in [4.78, 5) is 7.80. The first-order valence-corrected chi connectivity index (χ1v) is 6.52. The van der Waals surface area contributed by atoms with E-state index in [1.54, 1.807) is 17.6 Å². The van der Waals surface area contributed by atoms with Crippen LogP contribution in [0.4, 0.5) is 6.01 Å². The van der Waals surface area contributed by atoms with Gasteiger partial charge in [-0.3, -0.25) is 0 Å². The molecule has 0 amide bonds. The Balaban J connectivity index is 2.17. The molecule has 0 spiro atoms. The Bertz CT molecular complexity index is 450. The zero-order valence-corrected chi connectivity index (χ0v) is 10.9. The Morgan fingerprint density at radius 3 is 2.88 bits per heavy atom. The molecule has 4 nitrogen and oxygen atoms in total. The Morgan fingerprint density at radius 1 is 1.53 bits per heavy atom. The van der Waals surface area contributed by atoms with E-state index in [1.807, 2.05) is 0 Å². The fourth-order valence-corrected chi connectivity index (χ4v) is 2.27. The third kappa shape index (κ3) is 2.87. The van der Waals surface area contributed by atoms with Crippen molar-refractivity contribution in [1.82, 2.24) is 4.98 Å². The number of oxazole rings is 1. The van der Waals surface area contributed by atoms with Gasteiger partial charge in [0.15, 0.2) is 0 Å². The molecule has 0 aromatic carbocycles. The van der Waals surface area contributed by atoms with Gasteiger partial charge in [-0.1, -0.05) is 6.07 Å². The zero-order chi connectivity index (χ0) is 12.3. The highest BCUT2D eigenvalue weighted by Gasteiger charge is 2.16. The Hall–Kier alpha value is -1.33. The topological polar surface area (TPSA) is 55.3 Å². The molecule has 17 heavy (non-hydrogen) atoms. The van der Waals surface area contributed by atoms with Gasteiger partial charge in [-0.25, -0.2) is 0 Å². The lowest BCUT2D eigenvalue weighted by Crippen LogP contribution is -2.30. The summed E-state index contributed by atoms with van der Waals surface area (Å²) in [5.74, 6) is 0. The summed E-state index contributed by atoms with van der Waals surface area (Å²) < 4.78 is 5.47. The van der Waals surface area contributed by atoms with Crippen LogP contribution in [0.1, 0.15) is 24.4 Å². The van der Waals surface area contributed by atoms with Crippen molar-refractivity contribution < 1.29 is 4.42 Å². The van der Waals surface area contributed by atoms with Crippen molar-refractivity contribution in [3.63, 3.8) is 0 Å².